The second-order valence-corrected chi connectivity index (χ2v) is 4.79. The van der Waals surface area contributed by atoms with Gasteiger partial charge in [-0.05, 0) is 23.8 Å². The average Bonchev–Trinajstić information content (AvgIpc) is 2.42. The number of carbonyl (C=O) groups is 1. The summed E-state index contributed by atoms with van der Waals surface area (Å²) in [6.07, 6.45) is 1.65. The van der Waals surface area contributed by atoms with Crippen LogP contribution in [0.4, 0.5) is 0 Å². The first kappa shape index (κ1) is 13.5. The van der Waals surface area contributed by atoms with Gasteiger partial charge in [0.05, 0.1) is 13.7 Å². The fourth-order valence-corrected chi connectivity index (χ4v) is 2.15. The average molecular weight is 322 g/mol. The maximum Gasteiger partial charge on any atom is 0.343 e. The van der Waals surface area contributed by atoms with Gasteiger partial charge in [-0.25, -0.2) is 4.79 Å². The zero-order chi connectivity index (χ0) is 13.8. The second-order valence-electron chi connectivity index (χ2n) is 3.94. The molecule has 0 amide bonds. The number of ether oxygens (including phenoxy) is 1. The molecule has 0 spiro atoms. The maximum atomic E-state index is 12.1. The molecular weight excluding hydrogens is 310 g/mol. The maximum absolute atomic E-state index is 12.1. The van der Waals surface area contributed by atoms with Crippen molar-refractivity contribution < 1.29 is 9.53 Å². The van der Waals surface area contributed by atoms with Crippen LogP contribution in [0.15, 0.2) is 51.9 Å². The molecule has 19 heavy (non-hydrogen) atoms. The molecular formula is C14H12BrNO3. The summed E-state index contributed by atoms with van der Waals surface area (Å²) in [4.78, 5) is 23.6. The van der Waals surface area contributed by atoms with Crippen molar-refractivity contribution in [3.63, 3.8) is 0 Å². The van der Waals surface area contributed by atoms with Crippen LogP contribution in [0.1, 0.15) is 15.9 Å². The van der Waals surface area contributed by atoms with E-state index in [1.54, 1.807) is 12.3 Å². The number of benzene rings is 1. The first-order chi connectivity index (χ1) is 9.13. The van der Waals surface area contributed by atoms with Crippen molar-refractivity contribution in [3.8, 4) is 0 Å². The Morgan fingerprint density at radius 1 is 1.26 bits per heavy atom. The summed E-state index contributed by atoms with van der Waals surface area (Å²) in [6, 6.07) is 10.7. The summed E-state index contributed by atoms with van der Waals surface area (Å²) in [5, 5.41) is 0. The lowest BCUT2D eigenvalue weighted by Gasteiger charge is -2.08. The van der Waals surface area contributed by atoms with Gasteiger partial charge in [-0.15, -0.1) is 0 Å². The van der Waals surface area contributed by atoms with E-state index < -0.39 is 5.97 Å². The van der Waals surface area contributed by atoms with Crippen molar-refractivity contribution >= 4 is 21.9 Å². The quantitative estimate of drug-likeness (QED) is 0.816. The molecule has 0 N–H and O–H groups in total. The minimum absolute atomic E-state index is 0.0389. The van der Waals surface area contributed by atoms with Gasteiger partial charge < -0.3 is 9.30 Å². The van der Waals surface area contributed by atoms with Gasteiger partial charge in [0.15, 0.2) is 0 Å². The fraction of sp³-hybridized carbons (Fsp3) is 0.143. The van der Waals surface area contributed by atoms with Gasteiger partial charge in [-0.3, -0.25) is 4.79 Å². The Labute approximate surface area is 118 Å². The molecule has 4 nitrogen and oxygen atoms in total. The Kier molecular flexibility index (Phi) is 4.16. The molecule has 0 aliphatic heterocycles. The van der Waals surface area contributed by atoms with Crippen LogP contribution in [0.5, 0.6) is 0 Å². The molecule has 0 aliphatic rings. The number of rotatable bonds is 3. The van der Waals surface area contributed by atoms with Crippen LogP contribution in [-0.2, 0) is 11.3 Å². The van der Waals surface area contributed by atoms with E-state index in [0.29, 0.717) is 6.54 Å². The minimum atomic E-state index is -0.619. The van der Waals surface area contributed by atoms with Crippen LogP contribution in [0, 0.1) is 0 Å². The smallest absolute Gasteiger partial charge is 0.343 e. The van der Waals surface area contributed by atoms with E-state index in [9.17, 15) is 9.59 Å². The van der Waals surface area contributed by atoms with Crippen molar-refractivity contribution in [1.82, 2.24) is 4.57 Å². The van der Waals surface area contributed by atoms with Gasteiger partial charge >= 0.3 is 5.97 Å². The topological polar surface area (TPSA) is 48.3 Å². The molecule has 0 aliphatic carbocycles. The lowest BCUT2D eigenvalue weighted by molar-refractivity contribution is 0.0598. The Morgan fingerprint density at radius 2 is 2.00 bits per heavy atom. The molecule has 1 heterocycles. The highest BCUT2D eigenvalue weighted by atomic mass is 79.9. The molecule has 0 saturated heterocycles. The highest BCUT2D eigenvalue weighted by Crippen LogP contribution is 2.16. The number of hydrogen-bond acceptors (Lipinski definition) is 3. The third kappa shape index (κ3) is 2.93. The normalized spacial score (nSPS) is 10.2. The number of methoxy groups -OCH3 is 1. The Balaban J connectivity index is 2.40. The van der Waals surface area contributed by atoms with Gasteiger partial charge in [0, 0.05) is 10.7 Å². The molecule has 0 unspecified atom stereocenters. The number of aromatic nitrogens is 1. The van der Waals surface area contributed by atoms with Crippen LogP contribution in [0.2, 0.25) is 0 Å². The number of nitrogens with zero attached hydrogens (tertiary/aromatic N) is 1. The summed E-state index contributed by atoms with van der Waals surface area (Å²) in [5.74, 6) is -0.619. The molecule has 0 fully saturated rings. The van der Waals surface area contributed by atoms with Gasteiger partial charge in [0.2, 0.25) is 0 Å². The molecule has 98 valence electrons. The number of esters is 1. The third-order valence-electron chi connectivity index (χ3n) is 2.72. The summed E-state index contributed by atoms with van der Waals surface area (Å²) in [7, 11) is 1.26. The molecule has 5 heteroatoms. The van der Waals surface area contributed by atoms with Crippen molar-refractivity contribution in [2.24, 2.45) is 0 Å². The fourth-order valence-electron chi connectivity index (χ4n) is 1.74. The van der Waals surface area contributed by atoms with E-state index in [4.69, 9.17) is 0 Å². The summed E-state index contributed by atoms with van der Waals surface area (Å²) in [6.45, 7) is 0.394. The number of halogens is 1. The van der Waals surface area contributed by atoms with Gasteiger partial charge in [0.25, 0.3) is 5.56 Å². The highest BCUT2D eigenvalue weighted by Gasteiger charge is 2.12. The Hall–Kier alpha value is -1.88. The number of hydrogen-bond donors (Lipinski definition) is 0. The third-order valence-corrected chi connectivity index (χ3v) is 3.50. The monoisotopic (exact) mass is 321 g/mol. The first-order valence-electron chi connectivity index (χ1n) is 5.64. The molecule has 0 atom stereocenters. The molecule has 1 aromatic heterocycles. The second kappa shape index (κ2) is 5.84. The molecule has 0 saturated carbocycles. The molecule has 2 rings (SSSR count). The van der Waals surface area contributed by atoms with Crippen LogP contribution < -0.4 is 5.56 Å². The number of pyridine rings is 1. The van der Waals surface area contributed by atoms with Crippen LogP contribution in [0.25, 0.3) is 0 Å². The zero-order valence-electron chi connectivity index (χ0n) is 10.3. The Bertz CT molecular complexity index is 664. The predicted octanol–water partition coefficient (Wildman–Crippen LogP) is 2.45. The Morgan fingerprint density at radius 3 is 2.68 bits per heavy atom. The predicted molar refractivity (Wildman–Crippen MR) is 75.3 cm³/mol. The summed E-state index contributed by atoms with van der Waals surface area (Å²) in [5.41, 5.74) is 0.647. The van der Waals surface area contributed by atoms with Crippen LogP contribution in [-0.4, -0.2) is 17.6 Å². The van der Waals surface area contributed by atoms with Crippen molar-refractivity contribution in [1.29, 1.82) is 0 Å². The molecule has 1 aromatic carbocycles. The SMILES string of the molecule is COC(=O)c1cccn(Cc2ccccc2Br)c1=O. The van der Waals surface area contributed by atoms with Gasteiger partial charge in [-0.1, -0.05) is 34.1 Å². The standard InChI is InChI=1S/C14H12BrNO3/c1-19-14(18)11-6-4-8-16(13(11)17)9-10-5-2-3-7-12(10)15/h2-8H,9H2,1H3. The first-order valence-corrected chi connectivity index (χ1v) is 6.44. The molecule has 2 aromatic rings. The van der Waals surface area contributed by atoms with E-state index in [2.05, 4.69) is 20.7 Å². The van der Waals surface area contributed by atoms with E-state index in [-0.39, 0.29) is 11.1 Å². The van der Waals surface area contributed by atoms with E-state index in [1.807, 2.05) is 24.3 Å². The van der Waals surface area contributed by atoms with Crippen molar-refractivity contribution in [3.05, 3.63) is 68.5 Å². The minimum Gasteiger partial charge on any atom is -0.465 e. The van der Waals surface area contributed by atoms with Crippen LogP contribution >= 0.6 is 15.9 Å². The molecule has 0 radical (unpaired) electrons. The zero-order valence-corrected chi connectivity index (χ0v) is 11.9. The lowest BCUT2D eigenvalue weighted by atomic mass is 10.2. The molecule has 0 bridgehead atoms. The number of carbonyl (C=O) groups excluding carboxylic acids is 1. The summed E-state index contributed by atoms with van der Waals surface area (Å²) >= 11 is 3.43. The van der Waals surface area contributed by atoms with E-state index >= 15 is 0 Å². The van der Waals surface area contributed by atoms with Gasteiger partial charge in [0.1, 0.15) is 5.56 Å². The van der Waals surface area contributed by atoms with Crippen LogP contribution in [0.3, 0.4) is 0 Å². The van der Waals surface area contributed by atoms with E-state index in [0.717, 1.165) is 10.0 Å². The van der Waals surface area contributed by atoms with Crippen molar-refractivity contribution in [2.75, 3.05) is 7.11 Å². The van der Waals surface area contributed by atoms with Crippen molar-refractivity contribution in [2.45, 2.75) is 6.54 Å². The van der Waals surface area contributed by atoms with Gasteiger partial charge in [-0.2, -0.15) is 0 Å². The lowest BCUT2D eigenvalue weighted by Crippen LogP contribution is -2.26. The largest absolute Gasteiger partial charge is 0.465 e. The highest BCUT2D eigenvalue weighted by molar-refractivity contribution is 9.10. The summed E-state index contributed by atoms with van der Waals surface area (Å²) < 4.78 is 6.98. The van der Waals surface area contributed by atoms with E-state index in [1.165, 1.54) is 17.7 Å².